The van der Waals surface area contributed by atoms with Crippen LogP contribution >= 0.6 is 11.3 Å². The number of fused-ring (bicyclic) bond motifs is 1. The first-order valence-electron chi connectivity index (χ1n) is 12.6. The van der Waals surface area contributed by atoms with Gasteiger partial charge in [0.05, 0.1) is 28.9 Å². The smallest absolute Gasteiger partial charge is 0.260 e. The summed E-state index contributed by atoms with van der Waals surface area (Å²) < 4.78 is 34.2. The van der Waals surface area contributed by atoms with Crippen LogP contribution in [0.5, 0.6) is 5.75 Å². The molecule has 0 bridgehead atoms. The number of nitrogens with zero attached hydrogens (tertiary/aromatic N) is 4. The van der Waals surface area contributed by atoms with Crippen molar-refractivity contribution >= 4 is 42.6 Å². The minimum atomic E-state index is -3.64. The number of methoxy groups -OCH3 is 1. The Morgan fingerprint density at radius 3 is 2.45 bits per heavy atom. The minimum Gasteiger partial charge on any atom is -0.494 e. The number of sulfonamides is 1. The fourth-order valence-electron chi connectivity index (χ4n) is 4.12. The number of pyridine rings is 1. The van der Waals surface area contributed by atoms with Gasteiger partial charge < -0.3 is 4.74 Å². The molecule has 0 spiro atoms. The molecular weight excluding hydrogens is 520 g/mol. The third kappa shape index (κ3) is 5.72. The van der Waals surface area contributed by atoms with Gasteiger partial charge in [0.2, 0.25) is 10.0 Å². The second kappa shape index (κ2) is 12.0. The number of aromatic nitrogens is 2. The van der Waals surface area contributed by atoms with E-state index in [9.17, 15) is 13.2 Å². The highest BCUT2D eigenvalue weighted by Crippen LogP contribution is 2.37. The molecule has 0 saturated carbocycles. The van der Waals surface area contributed by atoms with Crippen LogP contribution in [-0.2, 0) is 16.6 Å². The lowest BCUT2D eigenvalue weighted by Gasteiger charge is -2.21. The van der Waals surface area contributed by atoms with Crippen LogP contribution in [0.3, 0.4) is 0 Å². The van der Waals surface area contributed by atoms with Gasteiger partial charge in [0.1, 0.15) is 11.3 Å². The third-order valence-electron chi connectivity index (χ3n) is 6.29. The SMILES string of the molecule is CCCCN(CC)S(=O)(=O)c1ccc(C(=O)N(Cc2ccccn2)c2nc3c(OC)ccc(C)c3s2)cc1. The van der Waals surface area contributed by atoms with Crippen LogP contribution in [0.1, 0.15) is 48.3 Å². The molecule has 2 aromatic heterocycles. The maximum atomic E-state index is 13.8. The topological polar surface area (TPSA) is 92.7 Å². The second-order valence-corrected chi connectivity index (χ2v) is 11.8. The normalized spacial score (nSPS) is 11.7. The van der Waals surface area contributed by atoms with Gasteiger partial charge in [0.25, 0.3) is 5.91 Å². The monoisotopic (exact) mass is 552 g/mol. The molecule has 10 heteroatoms. The number of aryl methyl sites for hydroxylation is 1. The Labute approximate surface area is 228 Å². The molecule has 2 heterocycles. The molecule has 2 aromatic carbocycles. The van der Waals surface area contributed by atoms with Gasteiger partial charge in [0, 0.05) is 24.8 Å². The second-order valence-electron chi connectivity index (χ2n) is 8.85. The van der Waals surface area contributed by atoms with Gasteiger partial charge in [-0.3, -0.25) is 14.7 Å². The van der Waals surface area contributed by atoms with Crippen LogP contribution in [-0.4, -0.2) is 48.8 Å². The van der Waals surface area contributed by atoms with Crippen molar-refractivity contribution < 1.29 is 17.9 Å². The van der Waals surface area contributed by atoms with Crippen molar-refractivity contribution in [2.75, 3.05) is 25.1 Å². The van der Waals surface area contributed by atoms with Crippen molar-refractivity contribution in [3.63, 3.8) is 0 Å². The molecule has 0 radical (unpaired) electrons. The van der Waals surface area contributed by atoms with E-state index < -0.39 is 10.0 Å². The zero-order valence-corrected chi connectivity index (χ0v) is 23.7. The Morgan fingerprint density at radius 2 is 1.82 bits per heavy atom. The van der Waals surface area contributed by atoms with Gasteiger partial charge in [-0.25, -0.2) is 13.4 Å². The van der Waals surface area contributed by atoms with Crippen molar-refractivity contribution in [2.45, 2.75) is 45.1 Å². The first kappa shape index (κ1) is 27.7. The van der Waals surface area contributed by atoms with E-state index in [4.69, 9.17) is 9.72 Å². The summed E-state index contributed by atoms with van der Waals surface area (Å²) in [6.07, 6.45) is 3.38. The van der Waals surface area contributed by atoms with Crippen molar-refractivity contribution in [2.24, 2.45) is 0 Å². The van der Waals surface area contributed by atoms with Gasteiger partial charge in [0.15, 0.2) is 5.13 Å². The number of thiazole rings is 1. The minimum absolute atomic E-state index is 0.170. The van der Waals surface area contributed by atoms with E-state index in [-0.39, 0.29) is 17.3 Å². The van der Waals surface area contributed by atoms with E-state index in [1.807, 2.05) is 51.1 Å². The Balaban J connectivity index is 1.71. The van der Waals surface area contributed by atoms with Gasteiger partial charge >= 0.3 is 0 Å². The first-order chi connectivity index (χ1) is 18.3. The number of benzene rings is 2. The first-order valence-corrected chi connectivity index (χ1v) is 14.8. The third-order valence-corrected chi connectivity index (χ3v) is 9.49. The lowest BCUT2D eigenvalue weighted by atomic mass is 10.2. The largest absolute Gasteiger partial charge is 0.494 e. The Bertz CT molecular complexity index is 1500. The fourth-order valence-corrected chi connectivity index (χ4v) is 6.65. The van der Waals surface area contributed by atoms with Crippen molar-refractivity contribution in [1.82, 2.24) is 14.3 Å². The molecule has 0 fully saturated rings. The molecule has 4 rings (SSSR count). The number of carbonyl (C=O) groups excluding carboxylic acids is 1. The zero-order chi connectivity index (χ0) is 27.3. The molecule has 38 heavy (non-hydrogen) atoms. The summed E-state index contributed by atoms with van der Waals surface area (Å²) in [6, 6.07) is 15.5. The summed E-state index contributed by atoms with van der Waals surface area (Å²) >= 11 is 1.41. The van der Waals surface area contributed by atoms with Crippen LogP contribution in [0.15, 0.2) is 65.7 Å². The van der Waals surface area contributed by atoms with Gasteiger partial charge in [-0.1, -0.05) is 43.7 Å². The lowest BCUT2D eigenvalue weighted by molar-refractivity contribution is 0.0984. The predicted octanol–water partition coefficient (Wildman–Crippen LogP) is 5.67. The number of hydrogen-bond acceptors (Lipinski definition) is 7. The maximum absolute atomic E-state index is 13.8. The summed E-state index contributed by atoms with van der Waals surface area (Å²) in [5.74, 6) is 0.338. The number of rotatable bonds is 11. The molecule has 0 unspecified atom stereocenters. The number of ether oxygens (including phenoxy) is 1. The van der Waals surface area contributed by atoms with E-state index in [1.54, 1.807) is 30.3 Å². The van der Waals surface area contributed by atoms with Crippen LogP contribution in [0.2, 0.25) is 0 Å². The molecule has 1 amide bonds. The van der Waals surface area contributed by atoms with Crippen molar-refractivity contribution in [3.8, 4) is 5.75 Å². The van der Waals surface area contributed by atoms with Crippen LogP contribution in [0.4, 0.5) is 5.13 Å². The molecule has 0 atom stereocenters. The summed E-state index contributed by atoms with van der Waals surface area (Å²) in [7, 11) is -2.05. The Morgan fingerprint density at radius 1 is 1.05 bits per heavy atom. The quantitative estimate of drug-likeness (QED) is 0.238. The van der Waals surface area contributed by atoms with Crippen LogP contribution in [0.25, 0.3) is 10.2 Å². The average molecular weight is 553 g/mol. The summed E-state index contributed by atoms with van der Waals surface area (Å²) in [5.41, 5.74) is 2.80. The molecule has 4 aromatic rings. The standard InChI is InChI=1S/C28H32N4O4S2/c1-5-7-18-31(6-2)38(34,35)23-14-12-21(13-15-23)27(33)32(19-22-10-8-9-17-29-22)28-30-25-24(36-4)16-11-20(3)26(25)37-28/h8-17H,5-7,18-19H2,1-4H3. The van der Waals surface area contributed by atoms with Crippen molar-refractivity contribution in [3.05, 3.63) is 77.6 Å². The zero-order valence-electron chi connectivity index (χ0n) is 22.0. The molecule has 8 nitrogen and oxygen atoms in total. The predicted molar refractivity (Wildman–Crippen MR) is 151 cm³/mol. The molecule has 0 aliphatic carbocycles. The van der Waals surface area contributed by atoms with Crippen molar-refractivity contribution in [1.29, 1.82) is 0 Å². The Hall–Kier alpha value is -3.34. The van der Waals surface area contributed by atoms with E-state index >= 15 is 0 Å². The molecule has 200 valence electrons. The molecule has 0 N–H and O–H groups in total. The fraction of sp³-hybridized carbons (Fsp3) is 0.321. The highest BCUT2D eigenvalue weighted by atomic mass is 32.2. The number of amides is 1. The summed E-state index contributed by atoms with van der Waals surface area (Å²) in [6.45, 7) is 6.92. The van der Waals surface area contributed by atoms with Gasteiger partial charge in [-0.2, -0.15) is 4.31 Å². The van der Waals surface area contributed by atoms with E-state index in [0.29, 0.717) is 40.7 Å². The molecule has 0 aliphatic heterocycles. The Kier molecular flexibility index (Phi) is 8.76. The average Bonchev–Trinajstić information content (AvgIpc) is 3.39. The van der Waals surface area contributed by atoms with Gasteiger partial charge in [-0.05, 0) is 61.4 Å². The molecule has 0 aliphatic rings. The molecule has 0 saturated heterocycles. The number of anilines is 1. The highest BCUT2D eigenvalue weighted by molar-refractivity contribution is 7.89. The van der Waals surface area contributed by atoms with Crippen LogP contribution < -0.4 is 9.64 Å². The number of carbonyl (C=O) groups is 1. The van der Waals surface area contributed by atoms with E-state index in [2.05, 4.69) is 4.98 Å². The number of hydrogen-bond donors (Lipinski definition) is 0. The maximum Gasteiger partial charge on any atom is 0.260 e. The summed E-state index contributed by atoms with van der Waals surface area (Å²) in [4.78, 5) is 24.8. The molecular formula is C28H32N4O4S2. The van der Waals surface area contributed by atoms with E-state index in [0.717, 1.165) is 23.1 Å². The summed E-state index contributed by atoms with van der Waals surface area (Å²) in [5, 5.41) is 0.511. The number of unbranched alkanes of at least 4 members (excludes halogenated alkanes) is 1. The lowest BCUT2D eigenvalue weighted by Crippen LogP contribution is -2.32. The highest BCUT2D eigenvalue weighted by Gasteiger charge is 2.26. The van der Waals surface area contributed by atoms with Gasteiger partial charge in [-0.15, -0.1) is 0 Å². The van der Waals surface area contributed by atoms with Crippen LogP contribution in [0, 0.1) is 6.92 Å². The van der Waals surface area contributed by atoms with E-state index in [1.165, 1.54) is 27.8 Å².